The Morgan fingerprint density at radius 1 is 1.12 bits per heavy atom. The molecule has 0 bridgehead atoms. The SMILES string of the molecule is CN=C(NCc1ccc(F)cc1)NCc1ccc(S(=O)(=O)N(C)C)s1. The molecule has 0 aliphatic carbocycles. The summed E-state index contributed by atoms with van der Waals surface area (Å²) < 4.78 is 38.5. The van der Waals surface area contributed by atoms with E-state index in [1.807, 2.05) is 0 Å². The zero-order valence-electron chi connectivity index (χ0n) is 14.3. The van der Waals surface area contributed by atoms with Crippen LogP contribution in [0.5, 0.6) is 0 Å². The number of hydrogen-bond donors (Lipinski definition) is 2. The predicted octanol–water partition coefficient (Wildman–Crippen LogP) is 2.00. The van der Waals surface area contributed by atoms with Gasteiger partial charge in [-0.25, -0.2) is 17.1 Å². The molecule has 0 amide bonds. The molecule has 136 valence electrons. The molecule has 0 unspecified atom stereocenters. The van der Waals surface area contributed by atoms with Crippen LogP contribution in [0.15, 0.2) is 45.6 Å². The maximum atomic E-state index is 12.9. The number of sulfonamides is 1. The third-order valence-electron chi connectivity index (χ3n) is 3.40. The lowest BCUT2D eigenvalue weighted by atomic mass is 10.2. The van der Waals surface area contributed by atoms with E-state index < -0.39 is 10.0 Å². The normalized spacial score (nSPS) is 12.4. The lowest BCUT2D eigenvalue weighted by Crippen LogP contribution is -2.36. The van der Waals surface area contributed by atoms with Crippen LogP contribution in [0.4, 0.5) is 4.39 Å². The van der Waals surface area contributed by atoms with Crippen molar-refractivity contribution in [2.75, 3.05) is 21.1 Å². The summed E-state index contributed by atoms with van der Waals surface area (Å²) in [6.07, 6.45) is 0. The van der Waals surface area contributed by atoms with Gasteiger partial charge in [-0.2, -0.15) is 0 Å². The maximum Gasteiger partial charge on any atom is 0.252 e. The molecule has 0 spiro atoms. The van der Waals surface area contributed by atoms with E-state index in [0.717, 1.165) is 10.4 Å². The second-order valence-corrected chi connectivity index (χ2v) is 8.96. The Balaban J connectivity index is 1.91. The van der Waals surface area contributed by atoms with E-state index in [0.29, 0.717) is 23.3 Å². The number of nitrogens with zero attached hydrogens (tertiary/aromatic N) is 2. The molecule has 0 saturated carbocycles. The van der Waals surface area contributed by atoms with Crippen LogP contribution in [0.3, 0.4) is 0 Å². The van der Waals surface area contributed by atoms with Gasteiger partial charge in [-0.15, -0.1) is 11.3 Å². The van der Waals surface area contributed by atoms with Crippen molar-refractivity contribution >= 4 is 27.3 Å². The number of halogens is 1. The highest BCUT2D eigenvalue weighted by Crippen LogP contribution is 2.23. The van der Waals surface area contributed by atoms with E-state index in [4.69, 9.17) is 0 Å². The summed E-state index contributed by atoms with van der Waals surface area (Å²) in [7, 11) is 1.26. The summed E-state index contributed by atoms with van der Waals surface area (Å²) in [5.74, 6) is 0.308. The Kier molecular flexibility index (Phi) is 6.51. The minimum absolute atomic E-state index is 0.271. The van der Waals surface area contributed by atoms with Gasteiger partial charge in [0.1, 0.15) is 10.0 Å². The number of hydrogen-bond acceptors (Lipinski definition) is 4. The number of benzene rings is 1. The molecule has 0 aliphatic heterocycles. The van der Waals surface area contributed by atoms with E-state index in [1.54, 1.807) is 31.3 Å². The smallest absolute Gasteiger partial charge is 0.252 e. The van der Waals surface area contributed by atoms with Crippen LogP contribution >= 0.6 is 11.3 Å². The van der Waals surface area contributed by atoms with Crippen molar-refractivity contribution in [2.24, 2.45) is 4.99 Å². The number of rotatable bonds is 6. The molecular weight excluding hydrogens is 363 g/mol. The minimum Gasteiger partial charge on any atom is -0.352 e. The maximum absolute atomic E-state index is 12.9. The molecular formula is C16H21FN4O2S2. The minimum atomic E-state index is -3.40. The Labute approximate surface area is 151 Å². The molecule has 2 rings (SSSR count). The zero-order chi connectivity index (χ0) is 18.4. The highest BCUT2D eigenvalue weighted by molar-refractivity contribution is 7.91. The molecule has 0 atom stereocenters. The topological polar surface area (TPSA) is 73.8 Å². The first-order valence-corrected chi connectivity index (χ1v) is 9.79. The third-order valence-corrected chi connectivity index (χ3v) is 6.77. The van der Waals surface area contributed by atoms with Gasteiger partial charge in [0.2, 0.25) is 0 Å². The second-order valence-electron chi connectivity index (χ2n) is 5.41. The van der Waals surface area contributed by atoms with Gasteiger partial charge in [0.15, 0.2) is 5.96 Å². The molecule has 1 heterocycles. The lowest BCUT2D eigenvalue weighted by molar-refractivity contribution is 0.523. The zero-order valence-corrected chi connectivity index (χ0v) is 15.9. The molecule has 1 aromatic heterocycles. The predicted molar refractivity (Wildman–Crippen MR) is 98.6 cm³/mol. The van der Waals surface area contributed by atoms with Crippen molar-refractivity contribution in [3.63, 3.8) is 0 Å². The van der Waals surface area contributed by atoms with E-state index >= 15 is 0 Å². The van der Waals surface area contributed by atoms with Crippen molar-refractivity contribution in [3.8, 4) is 0 Å². The Morgan fingerprint density at radius 2 is 1.76 bits per heavy atom. The summed E-state index contributed by atoms with van der Waals surface area (Å²) >= 11 is 1.22. The summed E-state index contributed by atoms with van der Waals surface area (Å²) in [6, 6.07) is 9.60. The number of aliphatic imine (C=N–C) groups is 1. The average Bonchev–Trinajstić information content (AvgIpc) is 3.06. The van der Waals surface area contributed by atoms with E-state index in [9.17, 15) is 12.8 Å². The molecule has 0 radical (unpaired) electrons. The molecule has 2 aromatic rings. The monoisotopic (exact) mass is 384 g/mol. The lowest BCUT2D eigenvalue weighted by Gasteiger charge is -2.11. The Morgan fingerprint density at radius 3 is 2.36 bits per heavy atom. The first-order chi connectivity index (χ1) is 11.8. The van der Waals surface area contributed by atoms with Gasteiger partial charge >= 0.3 is 0 Å². The van der Waals surface area contributed by atoms with Crippen molar-refractivity contribution in [2.45, 2.75) is 17.3 Å². The Hall–Kier alpha value is -1.97. The summed E-state index contributed by atoms with van der Waals surface area (Å²) in [5, 5.41) is 6.25. The largest absolute Gasteiger partial charge is 0.352 e. The fourth-order valence-electron chi connectivity index (χ4n) is 1.95. The van der Waals surface area contributed by atoms with E-state index in [1.165, 1.54) is 41.9 Å². The van der Waals surface area contributed by atoms with Gasteiger partial charge < -0.3 is 10.6 Å². The molecule has 0 aliphatic rings. The van der Waals surface area contributed by atoms with Crippen molar-refractivity contribution in [1.82, 2.24) is 14.9 Å². The molecule has 25 heavy (non-hydrogen) atoms. The van der Waals surface area contributed by atoms with Crippen LogP contribution in [0.1, 0.15) is 10.4 Å². The van der Waals surface area contributed by atoms with E-state index in [2.05, 4.69) is 15.6 Å². The fraction of sp³-hybridized carbons (Fsp3) is 0.312. The van der Waals surface area contributed by atoms with Crippen molar-refractivity contribution < 1.29 is 12.8 Å². The van der Waals surface area contributed by atoms with Gasteiger partial charge in [0, 0.05) is 32.6 Å². The molecule has 9 heteroatoms. The van der Waals surface area contributed by atoms with Crippen molar-refractivity contribution in [1.29, 1.82) is 0 Å². The second kappa shape index (κ2) is 8.41. The molecule has 6 nitrogen and oxygen atoms in total. The first kappa shape index (κ1) is 19.4. The molecule has 2 N–H and O–H groups in total. The summed E-state index contributed by atoms with van der Waals surface area (Å²) in [4.78, 5) is 5.00. The number of guanidine groups is 1. The standard InChI is InChI=1S/C16H21FN4O2S2/c1-18-16(19-10-12-4-6-13(17)7-5-12)20-11-14-8-9-15(24-14)25(22,23)21(2)3/h4-9H,10-11H2,1-3H3,(H2,18,19,20). The van der Waals surface area contributed by atoms with Crippen LogP contribution in [0, 0.1) is 5.82 Å². The van der Waals surface area contributed by atoms with E-state index in [-0.39, 0.29) is 5.82 Å². The van der Waals surface area contributed by atoms with Gasteiger partial charge in [-0.3, -0.25) is 4.99 Å². The van der Waals surface area contributed by atoms with Gasteiger partial charge in [-0.05, 0) is 29.8 Å². The molecule has 1 aromatic carbocycles. The fourth-order valence-corrected chi connectivity index (χ4v) is 4.42. The quantitative estimate of drug-likeness (QED) is 0.590. The number of nitrogens with one attached hydrogen (secondary N) is 2. The van der Waals surface area contributed by atoms with Crippen LogP contribution < -0.4 is 10.6 Å². The van der Waals surface area contributed by atoms with Gasteiger partial charge in [0.05, 0.1) is 6.54 Å². The van der Waals surface area contributed by atoms with Crippen LogP contribution in [0.2, 0.25) is 0 Å². The molecule has 0 saturated heterocycles. The van der Waals surface area contributed by atoms with Gasteiger partial charge in [0.25, 0.3) is 10.0 Å². The van der Waals surface area contributed by atoms with Crippen LogP contribution in [-0.4, -0.2) is 39.8 Å². The van der Waals surface area contributed by atoms with Crippen LogP contribution in [-0.2, 0) is 23.1 Å². The van der Waals surface area contributed by atoms with Crippen molar-refractivity contribution in [3.05, 3.63) is 52.7 Å². The highest BCUT2D eigenvalue weighted by atomic mass is 32.2. The summed E-state index contributed by atoms with van der Waals surface area (Å²) in [5.41, 5.74) is 0.930. The summed E-state index contributed by atoms with van der Waals surface area (Å²) in [6.45, 7) is 0.960. The first-order valence-electron chi connectivity index (χ1n) is 7.53. The highest BCUT2D eigenvalue weighted by Gasteiger charge is 2.19. The number of thiophene rings is 1. The average molecular weight is 385 g/mol. The van der Waals surface area contributed by atoms with Gasteiger partial charge in [-0.1, -0.05) is 12.1 Å². The third kappa shape index (κ3) is 5.25. The molecule has 0 fully saturated rings. The van der Waals surface area contributed by atoms with Crippen LogP contribution in [0.25, 0.3) is 0 Å². The Bertz CT molecular complexity index is 830.